The molecular formula is C23H16FN3. The van der Waals surface area contributed by atoms with Gasteiger partial charge in [-0.2, -0.15) is 0 Å². The topological polar surface area (TPSA) is 44.5 Å². The van der Waals surface area contributed by atoms with Crippen LogP contribution in [0, 0.1) is 5.82 Å². The quantitative estimate of drug-likeness (QED) is 0.408. The van der Waals surface area contributed by atoms with Crippen molar-refractivity contribution in [1.82, 2.24) is 15.0 Å². The molecule has 3 aromatic carbocycles. The Morgan fingerprint density at radius 1 is 0.741 bits per heavy atom. The van der Waals surface area contributed by atoms with Crippen molar-refractivity contribution < 1.29 is 4.39 Å². The first kappa shape index (κ1) is 15.6. The number of fused-ring (bicyclic) bond motifs is 1. The van der Waals surface area contributed by atoms with Crippen molar-refractivity contribution >= 4 is 10.9 Å². The molecule has 0 saturated carbocycles. The first-order valence-corrected chi connectivity index (χ1v) is 8.77. The number of hydrogen-bond acceptors (Lipinski definition) is 1. The second-order valence-corrected chi connectivity index (χ2v) is 6.43. The zero-order valence-electron chi connectivity index (χ0n) is 14.4. The van der Waals surface area contributed by atoms with Crippen molar-refractivity contribution in [2.24, 2.45) is 0 Å². The average Bonchev–Trinajstić information content (AvgIpc) is 3.33. The molecule has 0 bridgehead atoms. The normalized spacial score (nSPS) is 11.1. The van der Waals surface area contributed by atoms with Crippen LogP contribution in [0.15, 0.2) is 85.1 Å². The summed E-state index contributed by atoms with van der Waals surface area (Å²) in [6, 6.07) is 24.6. The van der Waals surface area contributed by atoms with E-state index in [9.17, 15) is 4.39 Å². The van der Waals surface area contributed by atoms with Gasteiger partial charge in [0.2, 0.25) is 0 Å². The predicted molar refractivity (Wildman–Crippen MR) is 107 cm³/mol. The maximum absolute atomic E-state index is 13.4. The minimum atomic E-state index is -0.253. The van der Waals surface area contributed by atoms with Crippen molar-refractivity contribution in [1.29, 1.82) is 0 Å². The highest BCUT2D eigenvalue weighted by Gasteiger charge is 2.17. The van der Waals surface area contributed by atoms with E-state index in [-0.39, 0.29) is 5.82 Å². The average molecular weight is 353 g/mol. The first-order valence-electron chi connectivity index (χ1n) is 8.77. The fourth-order valence-electron chi connectivity index (χ4n) is 3.40. The second kappa shape index (κ2) is 6.25. The van der Waals surface area contributed by atoms with Gasteiger partial charge in [-0.3, -0.25) is 0 Å². The smallest absolute Gasteiger partial charge is 0.140 e. The Kier molecular flexibility index (Phi) is 3.61. The first-order chi connectivity index (χ1) is 13.3. The molecule has 5 rings (SSSR count). The van der Waals surface area contributed by atoms with Crippen LogP contribution in [-0.2, 0) is 0 Å². The highest BCUT2D eigenvalue weighted by Crippen LogP contribution is 2.35. The molecule has 0 spiro atoms. The number of nitrogens with one attached hydrogen (secondary N) is 2. The van der Waals surface area contributed by atoms with E-state index in [0.717, 1.165) is 44.8 Å². The van der Waals surface area contributed by atoms with Crippen molar-refractivity contribution in [2.45, 2.75) is 0 Å². The van der Waals surface area contributed by atoms with Gasteiger partial charge in [0.1, 0.15) is 11.6 Å². The summed E-state index contributed by atoms with van der Waals surface area (Å²) in [5.74, 6) is 0.530. The Morgan fingerprint density at radius 3 is 2.30 bits per heavy atom. The lowest BCUT2D eigenvalue weighted by molar-refractivity contribution is 0.628. The molecule has 0 amide bonds. The number of halogens is 1. The molecule has 0 atom stereocenters. The van der Waals surface area contributed by atoms with Crippen molar-refractivity contribution in [3.8, 4) is 33.9 Å². The third-order valence-corrected chi connectivity index (χ3v) is 4.73. The predicted octanol–water partition coefficient (Wildman–Crippen LogP) is 6.03. The number of benzene rings is 3. The summed E-state index contributed by atoms with van der Waals surface area (Å²) in [5, 5.41) is 1.11. The number of imidazole rings is 1. The van der Waals surface area contributed by atoms with Crippen LogP contribution in [0.2, 0.25) is 0 Å². The molecule has 0 aliphatic carbocycles. The Bertz CT molecular complexity index is 1220. The highest BCUT2D eigenvalue weighted by molar-refractivity contribution is 5.95. The third-order valence-electron chi connectivity index (χ3n) is 4.73. The molecule has 2 aromatic heterocycles. The SMILES string of the molecule is Fc1ccc(-c2[nH]c(-c3c[nH]c4ccccc34)nc2-c2ccccc2)cc1. The van der Waals surface area contributed by atoms with Crippen molar-refractivity contribution in [2.75, 3.05) is 0 Å². The summed E-state index contributed by atoms with van der Waals surface area (Å²) in [5.41, 5.74) is 5.71. The van der Waals surface area contributed by atoms with Crippen molar-refractivity contribution in [3.63, 3.8) is 0 Å². The molecule has 4 heteroatoms. The zero-order valence-corrected chi connectivity index (χ0v) is 14.4. The fourth-order valence-corrected chi connectivity index (χ4v) is 3.40. The van der Waals surface area contributed by atoms with Crippen LogP contribution in [0.25, 0.3) is 44.8 Å². The monoisotopic (exact) mass is 353 g/mol. The van der Waals surface area contributed by atoms with Gasteiger partial charge in [-0.05, 0) is 30.3 Å². The van der Waals surface area contributed by atoms with Crippen LogP contribution >= 0.6 is 0 Å². The summed E-state index contributed by atoms with van der Waals surface area (Å²) >= 11 is 0. The fraction of sp³-hybridized carbons (Fsp3) is 0. The van der Waals surface area contributed by atoms with Crippen LogP contribution in [-0.4, -0.2) is 15.0 Å². The van der Waals surface area contributed by atoms with Crippen molar-refractivity contribution in [3.05, 3.63) is 90.9 Å². The van der Waals surface area contributed by atoms with Gasteiger partial charge < -0.3 is 9.97 Å². The third kappa shape index (κ3) is 2.72. The summed E-state index contributed by atoms with van der Waals surface area (Å²) in [4.78, 5) is 11.7. The second-order valence-electron chi connectivity index (χ2n) is 6.43. The molecule has 0 radical (unpaired) electrons. The maximum Gasteiger partial charge on any atom is 0.140 e. The number of aromatic nitrogens is 3. The molecule has 0 aliphatic heterocycles. The van der Waals surface area contributed by atoms with E-state index < -0.39 is 0 Å². The van der Waals surface area contributed by atoms with Gasteiger partial charge in [0, 0.05) is 33.8 Å². The Labute approximate surface area is 155 Å². The number of hydrogen-bond donors (Lipinski definition) is 2. The minimum Gasteiger partial charge on any atom is -0.360 e. The Hall–Kier alpha value is -3.66. The lowest BCUT2D eigenvalue weighted by Crippen LogP contribution is -1.84. The van der Waals surface area contributed by atoms with Crippen LogP contribution in [0.5, 0.6) is 0 Å². The summed E-state index contributed by atoms with van der Waals surface area (Å²) in [6.07, 6.45) is 1.96. The molecule has 0 saturated heterocycles. The summed E-state index contributed by atoms with van der Waals surface area (Å²) in [6.45, 7) is 0. The number of para-hydroxylation sites is 1. The molecule has 3 nitrogen and oxygen atoms in total. The molecule has 5 aromatic rings. The molecular weight excluding hydrogens is 337 g/mol. The van der Waals surface area contributed by atoms with Gasteiger partial charge in [-0.1, -0.05) is 48.5 Å². The number of rotatable bonds is 3. The molecule has 0 unspecified atom stereocenters. The van der Waals surface area contributed by atoms with Gasteiger partial charge in [-0.15, -0.1) is 0 Å². The van der Waals surface area contributed by atoms with E-state index in [1.54, 1.807) is 12.1 Å². The minimum absolute atomic E-state index is 0.253. The lowest BCUT2D eigenvalue weighted by atomic mass is 10.1. The van der Waals surface area contributed by atoms with Crippen LogP contribution in [0.3, 0.4) is 0 Å². The number of nitrogens with zero attached hydrogens (tertiary/aromatic N) is 1. The van der Waals surface area contributed by atoms with Crippen LogP contribution in [0.4, 0.5) is 4.39 Å². The van der Waals surface area contributed by atoms with E-state index >= 15 is 0 Å². The van der Waals surface area contributed by atoms with Crippen LogP contribution < -0.4 is 0 Å². The van der Waals surface area contributed by atoms with Gasteiger partial charge >= 0.3 is 0 Å². The lowest BCUT2D eigenvalue weighted by Gasteiger charge is -2.03. The molecule has 2 N–H and O–H groups in total. The van der Waals surface area contributed by atoms with Gasteiger partial charge in [0.05, 0.1) is 11.4 Å². The van der Waals surface area contributed by atoms with Gasteiger partial charge in [0.15, 0.2) is 0 Å². The van der Waals surface area contributed by atoms with Gasteiger partial charge in [-0.25, -0.2) is 9.37 Å². The Balaban J connectivity index is 1.73. The number of H-pyrrole nitrogens is 2. The summed E-state index contributed by atoms with van der Waals surface area (Å²) in [7, 11) is 0. The maximum atomic E-state index is 13.4. The molecule has 130 valence electrons. The standard InChI is InChI=1S/C23H16FN3/c24-17-12-10-16(11-13-17)22-21(15-6-2-1-3-7-15)26-23(27-22)19-14-25-20-9-5-4-8-18(19)20/h1-14,25H,(H,26,27). The highest BCUT2D eigenvalue weighted by atomic mass is 19.1. The number of aromatic amines is 2. The largest absolute Gasteiger partial charge is 0.360 e. The molecule has 27 heavy (non-hydrogen) atoms. The molecule has 0 aliphatic rings. The zero-order chi connectivity index (χ0) is 18.2. The van der Waals surface area contributed by atoms with E-state index in [0.29, 0.717) is 0 Å². The Morgan fingerprint density at radius 2 is 1.48 bits per heavy atom. The van der Waals surface area contributed by atoms with E-state index in [1.807, 2.05) is 54.7 Å². The van der Waals surface area contributed by atoms with Gasteiger partial charge in [0.25, 0.3) is 0 Å². The molecule has 2 heterocycles. The van der Waals surface area contributed by atoms with E-state index in [1.165, 1.54) is 12.1 Å². The summed E-state index contributed by atoms with van der Waals surface area (Å²) < 4.78 is 13.4. The van der Waals surface area contributed by atoms with E-state index in [2.05, 4.69) is 16.0 Å². The van der Waals surface area contributed by atoms with Crippen LogP contribution in [0.1, 0.15) is 0 Å². The van der Waals surface area contributed by atoms with E-state index in [4.69, 9.17) is 4.98 Å². The molecule has 0 fully saturated rings.